The van der Waals surface area contributed by atoms with Gasteiger partial charge in [-0.1, -0.05) is 25.3 Å². The molecule has 0 rings (SSSR count). The van der Waals surface area contributed by atoms with Crippen LogP contribution in [-0.4, -0.2) is 49.3 Å². The van der Waals surface area contributed by atoms with E-state index in [0.717, 1.165) is 0 Å². The highest BCUT2D eigenvalue weighted by Crippen LogP contribution is 2.07. The van der Waals surface area contributed by atoms with E-state index in [1.165, 1.54) is 26.0 Å². The molecule has 2 atom stereocenters. The van der Waals surface area contributed by atoms with E-state index < -0.39 is 36.1 Å². The summed E-state index contributed by atoms with van der Waals surface area (Å²) in [7, 11) is 0. The molecule has 0 aromatic carbocycles. The second-order valence-corrected chi connectivity index (χ2v) is 5.31. The largest absolute Gasteiger partial charge is 0.459 e. The summed E-state index contributed by atoms with van der Waals surface area (Å²) in [6, 6.07) is 0. The van der Waals surface area contributed by atoms with Crippen molar-refractivity contribution in [1.29, 1.82) is 0 Å². The van der Waals surface area contributed by atoms with Gasteiger partial charge >= 0.3 is 23.9 Å². The average Bonchev–Trinajstić information content (AvgIpc) is 2.60. The lowest BCUT2D eigenvalue weighted by atomic mass is 10.2. The van der Waals surface area contributed by atoms with Crippen LogP contribution in [0.1, 0.15) is 39.5 Å². The first-order valence-electron chi connectivity index (χ1n) is 8.25. The summed E-state index contributed by atoms with van der Waals surface area (Å²) in [6.45, 7) is 9.72. The molecule has 0 heterocycles. The fourth-order valence-electron chi connectivity index (χ4n) is 1.66. The molecule has 0 spiro atoms. The third kappa shape index (κ3) is 11.0. The van der Waals surface area contributed by atoms with Gasteiger partial charge in [0.05, 0.1) is 0 Å². The van der Waals surface area contributed by atoms with Gasteiger partial charge in [0.1, 0.15) is 13.2 Å². The zero-order valence-corrected chi connectivity index (χ0v) is 15.2. The van der Waals surface area contributed by atoms with E-state index in [1.54, 1.807) is 0 Å². The Bertz CT molecular complexity index is 465. The molecule has 0 aromatic rings. The summed E-state index contributed by atoms with van der Waals surface area (Å²) in [6.07, 6.45) is 1.64. The zero-order valence-electron chi connectivity index (χ0n) is 15.2. The molecule has 0 fully saturated rings. The summed E-state index contributed by atoms with van der Waals surface area (Å²) in [4.78, 5) is 46.1. The molecule has 0 saturated heterocycles. The van der Waals surface area contributed by atoms with Crippen LogP contribution in [0.3, 0.4) is 0 Å². The molecule has 0 amide bonds. The molecular formula is C18H26O8. The van der Waals surface area contributed by atoms with Crippen molar-refractivity contribution >= 4 is 23.9 Å². The first-order valence-corrected chi connectivity index (χ1v) is 8.25. The number of esters is 4. The maximum absolute atomic E-state index is 11.6. The third-order valence-corrected chi connectivity index (χ3v) is 2.98. The number of hydrogen-bond donors (Lipinski definition) is 0. The summed E-state index contributed by atoms with van der Waals surface area (Å²) >= 11 is 0. The average molecular weight is 370 g/mol. The Hall–Kier alpha value is -2.64. The molecule has 0 aromatic heterocycles. The number of unbranched alkanes of at least 4 members (excludes halogenated alkanes) is 1. The molecule has 26 heavy (non-hydrogen) atoms. The lowest BCUT2D eigenvalue weighted by Crippen LogP contribution is -2.26. The number of carbonyl (C=O) groups excluding carboxylic acids is 4. The Kier molecular flexibility index (Phi) is 12.2. The Labute approximate surface area is 153 Å². The molecule has 0 bridgehead atoms. The van der Waals surface area contributed by atoms with Gasteiger partial charge in [-0.05, 0) is 26.7 Å². The van der Waals surface area contributed by atoms with Gasteiger partial charge in [-0.2, -0.15) is 0 Å². The Balaban J connectivity index is 3.93. The zero-order chi connectivity index (χ0) is 19.9. The van der Waals surface area contributed by atoms with Crippen LogP contribution in [0, 0.1) is 0 Å². The van der Waals surface area contributed by atoms with Crippen LogP contribution < -0.4 is 0 Å². The molecule has 0 radical (unpaired) electrons. The summed E-state index contributed by atoms with van der Waals surface area (Å²) in [5.41, 5.74) is 0. The van der Waals surface area contributed by atoms with Crippen molar-refractivity contribution in [2.75, 3.05) is 13.2 Å². The van der Waals surface area contributed by atoms with Crippen molar-refractivity contribution in [3.63, 3.8) is 0 Å². The van der Waals surface area contributed by atoms with Crippen LogP contribution in [0.25, 0.3) is 0 Å². The van der Waals surface area contributed by atoms with Crippen molar-refractivity contribution < 1.29 is 38.1 Å². The number of hydrogen-bond acceptors (Lipinski definition) is 8. The third-order valence-electron chi connectivity index (χ3n) is 2.98. The SMILES string of the molecule is C=CCOC(=O)[C@H](C)OC(=O)CCCCC(=O)O[C@H](C)C(=O)OCC=C. The molecule has 8 heteroatoms. The molecule has 0 aliphatic rings. The Morgan fingerprint density at radius 2 is 1.12 bits per heavy atom. The Morgan fingerprint density at radius 1 is 0.769 bits per heavy atom. The van der Waals surface area contributed by atoms with Crippen LogP contribution in [0.15, 0.2) is 25.3 Å². The fourth-order valence-corrected chi connectivity index (χ4v) is 1.66. The van der Waals surface area contributed by atoms with Crippen molar-refractivity contribution in [2.45, 2.75) is 51.7 Å². The van der Waals surface area contributed by atoms with E-state index in [1.807, 2.05) is 0 Å². The minimum absolute atomic E-state index is 0.0440. The van der Waals surface area contributed by atoms with Crippen LogP contribution in [0.4, 0.5) is 0 Å². The summed E-state index contributed by atoms with van der Waals surface area (Å²) in [5, 5.41) is 0. The normalized spacial score (nSPS) is 12.2. The molecule has 0 N–H and O–H groups in total. The van der Waals surface area contributed by atoms with Crippen LogP contribution in [0.2, 0.25) is 0 Å². The van der Waals surface area contributed by atoms with E-state index >= 15 is 0 Å². The van der Waals surface area contributed by atoms with Crippen LogP contribution in [0.5, 0.6) is 0 Å². The van der Waals surface area contributed by atoms with E-state index in [0.29, 0.717) is 12.8 Å². The van der Waals surface area contributed by atoms with Crippen molar-refractivity contribution in [2.24, 2.45) is 0 Å². The molecule has 0 aliphatic carbocycles. The second-order valence-electron chi connectivity index (χ2n) is 5.31. The van der Waals surface area contributed by atoms with E-state index in [2.05, 4.69) is 13.2 Å². The lowest BCUT2D eigenvalue weighted by molar-refractivity contribution is -0.166. The summed E-state index contributed by atoms with van der Waals surface area (Å²) in [5.74, 6) is -2.44. The van der Waals surface area contributed by atoms with E-state index in [9.17, 15) is 19.2 Å². The number of ether oxygens (including phenoxy) is 4. The number of rotatable bonds is 13. The van der Waals surface area contributed by atoms with Gasteiger partial charge in [-0.15, -0.1) is 0 Å². The quantitative estimate of drug-likeness (QED) is 0.209. The van der Waals surface area contributed by atoms with Crippen molar-refractivity contribution in [3.8, 4) is 0 Å². The van der Waals surface area contributed by atoms with Crippen molar-refractivity contribution in [1.82, 2.24) is 0 Å². The van der Waals surface area contributed by atoms with Gasteiger partial charge in [0.25, 0.3) is 0 Å². The fraction of sp³-hybridized carbons (Fsp3) is 0.556. The standard InChI is InChI=1S/C18H26O8/c1-5-11-23-17(21)13(3)25-15(19)9-7-8-10-16(20)26-14(4)18(22)24-12-6-2/h5-6,13-14H,1-2,7-12H2,3-4H3/t13-,14+. The molecule has 0 saturated carbocycles. The first-order chi connectivity index (χ1) is 12.3. The summed E-state index contributed by atoms with van der Waals surface area (Å²) < 4.78 is 19.3. The second kappa shape index (κ2) is 13.6. The maximum Gasteiger partial charge on any atom is 0.347 e. The predicted molar refractivity (Wildman–Crippen MR) is 91.9 cm³/mol. The van der Waals surface area contributed by atoms with E-state index in [-0.39, 0.29) is 26.1 Å². The topological polar surface area (TPSA) is 105 Å². The highest BCUT2D eigenvalue weighted by molar-refractivity contribution is 5.79. The van der Waals surface area contributed by atoms with E-state index in [4.69, 9.17) is 18.9 Å². The molecule has 146 valence electrons. The minimum atomic E-state index is -1.00. The number of carbonyl (C=O) groups is 4. The highest BCUT2D eigenvalue weighted by atomic mass is 16.6. The molecule has 8 nitrogen and oxygen atoms in total. The van der Waals surface area contributed by atoms with Crippen molar-refractivity contribution in [3.05, 3.63) is 25.3 Å². The van der Waals surface area contributed by atoms with Crippen LogP contribution in [-0.2, 0) is 38.1 Å². The smallest absolute Gasteiger partial charge is 0.347 e. The maximum atomic E-state index is 11.6. The van der Waals surface area contributed by atoms with Gasteiger partial charge in [0.15, 0.2) is 12.2 Å². The predicted octanol–water partition coefficient (Wildman–Crippen LogP) is 1.87. The lowest BCUT2D eigenvalue weighted by Gasteiger charge is -2.12. The van der Waals surface area contributed by atoms with Crippen LogP contribution >= 0.6 is 0 Å². The highest BCUT2D eigenvalue weighted by Gasteiger charge is 2.20. The molecule has 0 unspecified atom stereocenters. The first kappa shape index (κ1) is 23.4. The Morgan fingerprint density at radius 3 is 1.42 bits per heavy atom. The van der Waals surface area contributed by atoms with Gasteiger partial charge in [-0.3, -0.25) is 9.59 Å². The molecular weight excluding hydrogens is 344 g/mol. The van der Waals surface area contributed by atoms with Gasteiger partial charge in [0, 0.05) is 12.8 Å². The molecule has 0 aliphatic heterocycles. The minimum Gasteiger partial charge on any atom is -0.459 e. The van der Waals surface area contributed by atoms with Gasteiger partial charge in [-0.25, -0.2) is 9.59 Å². The van der Waals surface area contributed by atoms with Gasteiger partial charge in [0.2, 0.25) is 0 Å². The van der Waals surface area contributed by atoms with Gasteiger partial charge < -0.3 is 18.9 Å². The monoisotopic (exact) mass is 370 g/mol.